The van der Waals surface area contributed by atoms with Crippen LogP contribution >= 0.6 is 12.4 Å². The molecule has 17 heavy (non-hydrogen) atoms. The maximum atomic E-state index is 12.1. The first-order valence-electron chi connectivity index (χ1n) is 6.02. The van der Waals surface area contributed by atoms with Gasteiger partial charge in [-0.15, -0.1) is 12.4 Å². The number of nitrogens with one attached hydrogen (secondary N) is 1. The van der Waals surface area contributed by atoms with Crippen molar-refractivity contribution in [1.29, 1.82) is 0 Å². The number of amides is 1. The van der Waals surface area contributed by atoms with Gasteiger partial charge in [-0.25, -0.2) is 0 Å². The Hall–Kier alpha value is -0.360. The molecular formula is C11H21ClN2O3. The summed E-state index contributed by atoms with van der Waals surface area (Å²) >= 11 is 0. The Morgan fingerprint density at radius 2 is 2.29 bits per heavy atom. The van der Waals surface area contributed by atoms with Gasteiger partial charge in [-0.05, 0) is 6.42 Å². The van der Waals surface area contributed by atoms with Gasteiger partial charge in [0.05, 0.1) is 25.9 Å². The van der Waals surface area contributed by atoms with Crippen LogP contribution in [0.1, 0.15) is 13.3 Å². The van der Waals surface area contributed by atoms with Crippen molar-refractivity contribution in [1.82, 2.24) is 10.2 Å². The van der Waals surface area contributed by atoms with E-state index in [-0.39, 0.29) is 30.5 Å². The highest BCUT2D eigenvalue weighted by atomic mass is 35.5. The predicted octanol–water partition coefficient (Wildman–Crippen LogP) is 0.0340. The fourth-order valence-corrected chi connectivity index (χ4v) is 2.11. The van der Waals surface area contributed by atoms with Crippen molar-refractivity contribution >= 4 is 18.3 Å². The van der Waals surface area contributed by atoms with Crippen molar-refractivity contribution in [2.45, 2.75) is 25.5 Å². The number of halogens is 1. The van der Waals surface area contributed by atoms with E-state index in [9.17, 15) is 4.79 Å². The highest BCUT2D eigenvalue weighted by molar-refractivity contribution is 5.85. The van der Waals surface area contributed by atoms with Crippen LogP contribution in [0.2, 0.25) is 0 Å². The third kappa shape index (κ3) is 3.81. The molecule has 2 atom stereocenters. The third-order valence-corrected chi connectivity index (χ3v) is 3.13. The third-order valence-electron chi connectivity index (χ3n) is 3.13. The predicted molar refractivity (Wildman–Crippen MR) is 66.5 cm³/mol. The number of carbonyl (C=O) groups is 1. The van der Waals surface area contributed by atoms with Gasteiger partial charge in [0, 0.05) is 19.6 Å². The van der Waals surface area contributed by atoms with Gasteiger partial charge in [0.15, 0.2) is 0 Å². The lowest BCUT2D eigenvalue weighted by molar-refractivity contribution is -0.143. The summed E-state index contributed by atoms with van der Waals surface area (Å²) in [6.07, 6.45) is 1.15. The molecule has 0 aromatic carbocycles. The zero-order valence-corrected chi connectivity index (χ0v) is 11.0. The largest absolute Gasteiger partial charge is 0.378 e. The summed E-state index contributed by atoms with van der Waals surface area (Å²) in [7, 11) is 0. The SMILES string of the molecule is CCC1CN(C(=O)C2COCCN2)CCO1.Cl. The summed E-state index contributed by atoms with van der Waals surface area (Å²) in [5.74, 6) is 0.154. The average Bonchev–Trinajstić information content (AvgIpc) is 2.39. The van der Waals surface area contributed by atoms with Gasteiger partial charge < -0.3 is 19.7 Å². The molecule has 2 heterocycles. The minimum absolute atomic E-state index is 0. The van der Waals surface area contributed by atoms with Crippen LogP contribution in [0.15, 0.2) is 0 Å². The minimum atomic E-state index is -0.163. The molecule has 0 aliphatic carbocycles. The van der Waals surface area contributed by atoms with E-state index in [2.05, 4.69) is 12.2 Å². The number of morpholine rings is 2. The quantitative estimate of drug-likeness (QED) is 0.765. The molecule has 0 aromatic rings. The van der Waals surface area contributed by atoms with E-state index in [1.165, 1.54) is 0 Å². The summed E-state index contributed by atoms with van der Waals surface area (Å²) in [4.78, 5) is 14.0. The van der Waals surface area contributed by atoms with Crippen molar-refractivity contribution in [3.63, 3.8) is 0 Å². The first-order valence-corrected chi connectivity index (χ1v) is 6.02. The fourth-order valence-electron chi connectivity index (χ4n) is 2.11. The van der Waals surface area contributed by atoms with E-state index in [0.29, 0.717) is 32.9 Å². The van der Waals surface area contributed by atoms with Crippen molar-refractivity contribution < 1.29 is 14.3 Å². The lowest BCUT2D eigenvalue weighted by Crippen LogP contribution is -2.56. The first kappa shape index (κ1) is 14.7. The highest BCUT2D eigenvalue weighted by Crippen LogP contribution is 2.10. The molecule has 2 saturated heterocycles. The molecule has 5 nitrogen and oxygen atoms in total. The Bertz CT molecular complexity index is 247. The van der Waals surface area contributed by atoms with E-state index in [4.69, 9.17) is 9.47 Å². The number of hydrogen-bond donors (Lipinski definition) is 1. The van der Waals surface area contributed by atoms with Crippen LogP contribution in [-0.2, 0) is 14.3 Å². The second-order valence-electron chi connectivity index (χ2n) is 4.27. The van der Waals surface area contributed by atoms with E-state index >= 15 is 0 Å². The lowest BCUT2D eigenvalue weighted by atomic mass is 10.2. The van der Waals surface area contributed by atoms with E-state index in [1.807, 2.05) is 4.90 Å². The molecule has 1 N–H and O–H groups in total. The highest BCUT2D eigenvalue weighted by Gasteiger charge is 2.29. The standard InChI is InChI=1S/C11H20N2O3.ClH/c1-2-9-7-13(4-6-16-9)11(14)10-8-15-5-3-12-10;/h9-10,12H,2-8H2,1H3;1H. The van der Waals surface area contributed by atoms with Gasteiger partial charge in [0.2, 0.25) is 5.91 Å². The molecule has 2 aliphatic rings. The van der Waals surface area contributed by atoms with Gasteiger partial charge in [0.25, 0.3) is 0 Å². The van der Waals surface area contributed by atoms with E-state index in [0.717, 1.165) is 13.0 Å². The van der Waals surface area contributed by atoms with E-state index < -0.39 is 0 Å². The smallest absolute Gasteiger partial charge is 0.242 e. The fraction of sp³-hybridized carbons (Fsp3) is 0.909. The summed E-state index contributed by atoms with van der Waals surface area (Å²) < 4.78 is 10.9. The Morgan fingerprint density at radius 3 is 2.94 bits per heavy atom. The average molecular weight is 265 g/mol. The van der Waals surface area contributed by atoms with Crippen LogP contribution in [0.4, 0.5) is 0 Å². The summed E-state index contributed by atoms with van der Waals surface area (Å²) in [6, 6.07) is -0.163. The Labute approximate surface area is 108 Å². The van der Waals surface area contributed by atoms with Crippen LogP contribution in [-0.4, -0.2) is 62.4 Å². The van der Waals surface area contributed by atoms with Gasteiger partial charge in [-0.3, -0.25) is 4.79 Å². The molecular weight excluding hydrogens is 244 g/mol. The number of carbonyl (C=O) groups excluding carboxylic acids is 1. The second kappa shape index (κ2) is 7.16. The molecule has 100 valence electrons. The molecule has 2 unspecified atom stereocenters. The molecule has 0 bridgehead atoms. The Morgan fingerprint density at radius 1 is 1.47 bits per heavy atom. The van der Waals surface area contributed by atoms with Crippen LogP contribution in [0.25, 0.3) is 0 Å². The van der Waals surface area contributed by atoms with Gasteiger partial charge >= 0.3 is 0 Å². The maximum absolute atomic E-state index is 12.1. The summed E-state index contributed by atoms with van der Waals surface area (Å²) in [5, 5.41) is 3.19. The van der Waals surface area contributed by atoms with Crippen molar-refractivity contribution in [3.8, 4) is 0 Å². The molecule has 1 amide bonds. The molecule has 0 saturated carbocycles. The zero-order chi connectivity index (χ0) is 11.4. The lowest BCUT2D eigenvalue weighted by Gasteiger charge is -2.35. The minimum Gasteiger partial charge on any atom is -0.378 e. The summed E-state index contributed by atoms with van der Waals surface area (Å²) in [6.45, 7) is 6.11. The Kier molecular flexibility index (Phi) is 6.19. The Balaban J connectivity index is 0.00000144. The maximum Gasteiger partial charge on any atom is 0.242 e. The molecule has 6 heteroatoms. The first-order chi connectivity index (χ1) is 7.81. The monoisotopic (exact) mass is 264 g/mol. The van der Waals surface area contributed by atoms with Crippen LogP contribution in [0, 0.1) is 0 Å². The van der Waals surface area contributed by atoms with Crippen LogP contribution in [0.5, 0.6) is 0 Å². The number of hydrogen-bond acceptors (Lipinski definition) is 4. The van der Waals surface area contributed by atoms with Gasteiger partial charge in [0.1, 0.15) is 6.04 Å². The number of rotatable bonds is 2. The summed E-state index contributed by atoms with van der Waals surface area (Å²) in [5.41, 5.74) is 0. The molecule has 0 aromatic heterocycles. The number of nitrogens with zero attached hydrogens (tertiary/aromatic N) is 1. The van der Waals surface area contributed by atoms with Gasteiger partial charge in [-0.2, -0.15) is 0 Å². The van der Waals surface area contributed by atoms with Crippen LogP contribution in [0.3, 0.4) is 0 Å². The molecule has 0 spiro atoms. The normalized spacial score (nSPS) is 29.6. The van der Waals surface area contributed by atoms with Crippen molar-refractivity contribution in [2.24, 2.45) is 0 Å². The number of ether oxygens (including phenoxy) is 2. The van der Waals surface area contributed by atoms with Gasteiger partial charge in [-0.1, -0.05) is 6.92 Å². The zero-order valence-electron chi connectivity index (χ0n) is 10.2. The van der Waals surface area contributed by atoms with Crippen LogP contribution < -0.4 is 5.32 Å². The topological polar surface area (TPSA) is 50.8 Å². The molecule has 2 rings (SSSR count). The molecule has 0 radical (unpaired) electrons. The molecule has 2 fully saturated rings. The van der Waals surface area contributed by atoms with Crippen molar-refractivity contribution in [3.05, 3.63) is 0 Å². The van der Waals surface area contributed by atoms with E-state index in [1.54, 1.807) is 0 Å². The van der Waals surface area contributed by atoms with Crippen molar-refractivity contribution in [2.75, 3.05) is 39.5 Å². The second-order valence-corrected chi connectivity index (χ2v) is 4.27. The molecule has 2 aliphatic heterocycles.